The Labute approximate surface area is 119 Å². The third kappa shape index (κ3) is 5.08. The molecule has 6 nitrogen and oxygen atoms in total. The Morgan fingerprint density at radius 3 is 2.50 bits per heavy atom. The molecular formula is C10H13IN2O4S. The lowest BCUT2D eigenvalue weighted by Crippen LogP contribution is -2.36. The Kier molecular flexibility index (Phi) is 5.20. The summed E-state index contributed by atoms with van der Waals surface area (Å²) < 4.78 is 32.6. The van der Waals surface area contributed by atoms with E-state index in [-0.39, 0.29) is 0 Å². The Hall–Kier alpha value is -1.03. The molecule has 2 N–H and O–H groups in total. The molecule has 100 valence electrons. The second kappa shape index (κ2) is 6.23. The topological polar surface area (TPSA) is 84.5 Å². The maximum Gasteiger partial charge on any atom is 0.422 e. The first-order valence-corrected chi connectivity index (χ1v) is 7.62. The molecule has 0 heterocycles. The molecule has 0 aliphatic heterocycles. The van der Waals surface area contributed by atoms with Crippen molar-refractivity contribution in [1.29, 1.82) is 0 Å². The zero-order valence-corrected chi connectivity index (χ0v) is 12.8. The van der Waals surface area contributed by atoms with Crippen molar-refractivity contribution in [3.63, 3.8) is 0 Å². The minimum atomic E-state index is -3.98. The van der Waals surface area contributed by atoms with Crippen molar-refractivity contribution >= 4 is 44.6 Å². The second-order valence-corrected chi connectivity index (χ2v) is 6.22. The van der Waals surface area contributed by atoms with Gasteiger partial charge in [-0.15, -0.1) is 0 Å². The van der Waals surface area contributed by atoms with Crippen LogP contribution in [0.2, 0.25) is 0 Å². The molecule has 0 atom stereocenters. The van der Waals surface area contributed by atoms with Crippen molar-refractivity contribution in [3.05, 3.63) is 27.8 Å². The fourth-order valence-electron chi connectivity index (χ4n) is 1.06. The van der Waals surface area contributed by atoms with Gasteiger partial charge in [-0.25, -0.2) is 9.52 Å². The highest BCUT2D eigenvalue weighted by molar-refractivity contribution is 14.1. The number of nitrogens with one attached hydrogen (secondary N) is 2. The lowest BCUT2D eigenvalue weighted by atomic mass is 10.3. The van der Waals surface area contributed by atoms with Crippen molar-refractivity contribution in [2.45, 2.75) is 20.0 Å². The summed E-state index contributed by atoms with van der Waals surface area (Å²) in [6, 6.07) is 6.80. The average molecular weight is 384 g/mol. The normalized spacial score (nSPS) is 11.1. The summed E-state index contributed by atoms with van der Waals surface area (Å²) in [6.45, 7) is 3.25. The van der Waals surface area contributed by atoms with E-state index < -0.39 is 22.4 Å². The van der Waals surface area contributed by atoms with E-state index in [0.717, 1.165) is 3.57 Å². The molecule has 18 heavy (non-hydrogen) atoms. The van der Waals surface area contributed by atoms with Gasteiger partial charge in [0.2, 0.25) is 0 Å². The van der Waals surface area contributed by atoms with Crippen molar-refractivity contribution in [3.8, 4) is 0 Å². The molecule has 0 saturated carbocycles. The van der Waals surface area contributed by atoms with Gasteiger partial charge in [0, 0.05) is 3.57 Å². The summed E-state index contributed by atoms with van der Waals surface area (Å²) in [6.07, 6.45) is -1.40. The van der Waals surface area contributed by atoms with Gasteiger partial charge in [-0.2, -0.15) is 8.42 Å². The molecule has 0 fully saturated rings. The van der Waals surface area contributed by atoms with E-state index in [2.05, 4.69) is 9.46 Å². The quantitative estimate of drug-likeness (QED) is 0.779. The minimum Gasteiger partial charge on any atom is -0.446 e. The SMILES string of the molecule is CC(C)OC(=O)NS(=O)(=O)Nc1ccccc1I. The number of para-hydroxylation sites is 1. The summed E-state index contributed by atoms with van der Waals surface area (Å²) >= 11 is 1.98. The molecule has 0 spiro atoms. The van der Waals surface area contributed by atoms with Crippen molar-refractivity contribution in [2.24, 2.45) is 0 Å². The molecule has 0 aromatic heterocycles. The van der Waals surface area contributed by atoms with Crippen LogP contribution in [0.25, 0.3) is 0 Å². The molecular weight excluding hydrogens is 371 g/mol. The zero-order chi connectivity index (χ0) is 13.8. The highest BCUT2D eigenvalue weighted by Crippen LogP contribution is 2.17. The largest absolute Gasteiger partial charge is 0.446 e. The van der Waals surface area contributed by atoms with Gasteiger partial charge in [-0.3, -0.25) is 4.72 Å². The lowest BCUT2D eigenvalue weighted by Gasteiger charge is -2.12. The van der Waals surface area contributed by atoms with Gasteiger partial charge in [0.25, 0.3) is 0 Å². The summed E-state index contributed by atoms with van der Waals surface area (Å²) in [5.41, 5.74) is 0.392. The number of rotatable bonds is 4. The van der Waals surface area contributed by atoms with Crippen LogP contribution >= 0.6 is 22.6 Å². The number of amides is 1. The zero-order valence-electron chi connectivity index (χ0n) is 9.81. The molecule has 0 unspecified atom stereocenters. The van der Waals surface area contributed by atoms with Crippen LogP contribution in [0.3, 0.4) is 0 Å². The van der Waals surface area contributed by atoms with E-state index in [0.29, 0.717) is 5.69 Å². The van der Waals surface area contributed by atoms with Crippen molar-refractivity contribution in [2.75, 3.05) is 4.72 Å². The molecule has 1 aromatic rings. The summed E-state index contributed by atoms with van der Waals surface area (Å²) in [5.74, 6) is 0. The molecule has 1 amide bonds. The molecule has 0 aliphatic carbocycles. The minimum absolute atomic E-state index is 0.392. The number of halogens is 1. The first-order valence-electron chi connectivity index (χ1n) is 5.06. The van der Waals surface area contributed by atoms with Crippen LogP contribution in [0.15, 0.2) is 24.3 Å². The van der Waals surface area contributed by atoms with Crippen LogP contribution in [-0.4, -0.2) is 20.6 Å². The van der Waals surface area contributed by atoms with E-state index in [1.807, 2.05) is 22.6 Å². The predicted molar refractivity (Wildman–Crippen MR) is 76.5 cm³/mol. The van der Waals surface area contributed by atoms with Crippen molar-refractivity contribution < 1.29 is 17.9 Å². The molecule has 0 radical (unpaired) electrons. The summed E-state index contributed by atoms with van der Waals surface area (Å²) in [4.78, 5) is 11.2. The van der Waals surface area contributed by atoms with Crippen LogP contribution in [0.4, 0.5) is 10.5 Å². The van der Waals surface area contributed by atoms with Crippen LogP contribution in [0, 0.1) is 3.57 Å². The van der Waals surface area contributed by atoms with Gasteiger partial charge in [0.15, 0.2) is 0 Å². The van der Waals surface area contributed by atoms with E-state index in [1.165, 1.54) is 0 Å². The number of carbonyl (C=O) groups is 1. The second-order valence-electron chi connectivity index (χ2n) is 3.64. The number of anilines is 1. The third-order valence-corrected chi connectivity index (χ3v) is 3.54. The maximum absolute atomic E-state index is 11.6. The van der Waals surface area contributed by atoms with Gasteiger partial charge < -0.3 is 4.74 Å². The Bertz CT molecular complexity index is 530. The van der Waals surface area contributed by atoms with Crippen LogP contribution < -0.4 is 9.44 Å². The van der Waals surface area contributed by atoms with Crippen molar-refractivity contribution in [1.82, 2.24) is 4.72 Å². The molecule has 0 saturated heterocycles. The Morgan fingerprint density at radius 2 is 1.94 bits per heavy atom. The lowest BCUT2D eigenvalue weighted by molar-refractivity contribution is 0.121. The Morgan fingerprint density at radius 1 is 1.33 bits per heavy atom. The molecule has 1 aromatic carbocycles. The summed E-state index contributed by atoms with van der Waals surface area (Å²) in [5, 5.41) is 0. The summed E-state index contributed by atoms with van der Waals surface area (Å²) in [7, 11) is -3.98. The fraction of sp³-hybridized carbons (Fsp3) is 0.300. The number of ether oxygens (including phenoxy) is 1. The highest BCUT2D eigenvalue weighted by Gasteiger charge is 2.17. The van der Waals surface area contributed by atoms with Gasteiger partial charge in [0.1, 0.15) is 0 Å². The average Bonchev–Trinajstić information content (AvgIpc) is 2.18. The van der Waals surface area contributed by atoms with E-state index in [1.54, 1.807) is 42.8 Å². The molecule has 0 bridgehead atoms. The monoisotopic (exact) mass is 384 g/mol. The van der Waals surface area contributed by atoms with E-state index in [4.69, 9.17) is 0 Å². The first kappa shape index (κ1) is 15.0. The Balaban J connectivity index is 2.72. The van der Waals surface area contributed by atoms with Crippen LogP contribution in [0.1, 0.15) is 13.8 Å². The number of benzene rings is 1. The van der Waals surface area contributed by atoms with Gasteiger partial charge in [-0.1, -0.05) is 12.1 Å². The van der Waals surface area contributed by atoms with Crippen LogP contribution in [-0.2, 0) is 14.9 Å². The number of hydrogen-bond acceptors (Lipinski definition) is 4. The first-order chi connectivity index (χ1) is 8.30. The smallest absolute Gasteiger partial charge is 0.422 e. The molecule has 8 heteroatoms. The van der Waals surface area contributed by atoms with E-state index >= 15 is 0 Å². The standard InChI is InChI=1S/C10H13IN2O4S/c1-7(2)17-10(14)13-18(15,16)12-9-6-4-3-5-8(9)11/h3-7,12H,1-2H3,(H,13,14). The van der Waals surface area contributed by atoms with Gasteiger partial charge in [0.05, 0.1) is 11.8 Å². The number of carbonyl (C=O) groups excluding carboxylic acids is 1. The van der Waals surface area contributed by atoms with Crippen LogP contribution in [0.5, 0.6) is 0 Å². The third-order valence-electron chi connectivity index (χ3n) is 1.68. The molecule has 0 aliphatic rings. The van der Waals surface area contributed by atoms with Gasteiger partial charge >= 0.3 is 16.3 Å². The molecule has 1 rings (SSSR count). The van der Waals surface area contributed by atoms with Gasteiger partial charge in [-0.05, 0) is 48.6 Å². The van der Waals surface area contributed by atoms with E-state index in [9.17, 15) is 13.2 Å². The fourth-order valence-corrected chi connectivity index (χ4v) is 2.55. The maximum atomic E-state index is 11.6. The highest BCUT2D eigenvalue weighted by atomic mass is 127. The predicted octanol–water partition coefficient (Wildman–Crippen LogP) is 2.08. The number of hydrogen-bond donors (Lipinski definition) is 2.